The van der Waals surface area contributed by atoms with Crippen LogP contribution < -0.4 is 0 Å². The van der Waals surface area contributed by atoms with Gasteiger partial charge in [-0.25, -0.2) is 4.39 Å². The summed E-state index contributed by atoms with van der Waals surface area (Å²) in [5.74, 6) is -0.394. The number of piperidine rings is 1. The standard InChI is InChI=1S/C21H21ClFNO2/c22-18-7-5-17(6-8-18)21(26)11-14-24(15-12-21)13-1-2-20(25)16-3-9-19(23)10-4-16/h1,3-10,13,26H,2,11-12,14-15H2/b13-1+. The zero-order chi connectivity index (χ0) is 18.6. The number of hydrogen-bond donors (Lipinski definition) is 1. The summed E-state index contributed by atoms with van der Waals surface area (Å²) in [6, 6.07) is 12.9. The van der Waals surface area contributed by atoms with Gasteiger partial charge in [0.25, 0.3) is 0 Å². The maximum Gasteiger partial charge on any atom is 0.166 e. The minimum absolute atomic E-state index is 0.0454. The molecule has 0 aromatic heterocycles. The Balaban J connectivity index is 1.52. The van der Waals surface area contributed by atoms with Gasteiger partial charge in [-0.1, -0.05) is 29.8 Å². The van der Waals surface area contributed by atoms with E-state index in [1.165, 1.54) is 24.3 Å². The van der Waals surface area contributed by atoms with E-state index in [-0.39, 0.29) is 18.0 Å². The van der Waals surface area contributed by atoms with Crippen LogP contribution in [-0.4, -0.2) is 28.9 Å². The number of nitrogens with zero attached hydrogens (tertiary/aromatic N) is 1. The third-order valence-corrected chi connectivity index (χ3v) is 5.04. The lowest BCUT2D eigenvalue weighted by molar-refractivity contribution is -0.0161. The Labute approximate surface area is 157 Å². The molecule has 26 heavy (non-hydrogen) atoms. The number of halogens is 2. The van der Waals surface area contributed by atoms with Gasteiger partial charge in [0.15, 0.2) is 5.78 Å². The largest absolute Gasteiger partial charge is 0.385 e. The van der Waals surface area contributed by atoms with Gasteiger partial charge in [0, 0.05) is 30.1 Å². The molecular weight excluding hydrogens is 353 g/mol. The van der Waals surface area contributed by atoms with Crippen molar-refractivity contribution in [2.24, 2.45) is 0 Å². The minimum atomic E-state index is -0.834. The Morgan fingerprint density at radius 1 is 1.12 bits per heavy atom. The molecule has 1 fully saturated rings. The van der Waals surface area contributed by atoms with Crippen LogP contribution in [0.2, 0.25) is 5.02 Å². The summed E-state index contributed by atoms with van der Waals surface area (Å²) in [7, 11) is 0. The summed E-state index contributed by atoms with van der Waals surface area (Å²) in [5.41, 5.74) is 0.558. The van der Waals surface area contributed by atoms with Gasteiger partial charge in [0.1, 0.15) is 5.82 Å². The first kappa shape index (κ1) is 18.6. The third kappa shape index (κ3) is 4.51. The summed E-state index contributed by atoms with van der Waals surface area (Å²) in [6.07, 6.45) is 5.22. The van der Waals surface area contributed by atoms with Crippen LogP contribution in [0, 0.1) is 5.82 Å². The lowest BCUT2D eigenvalue weighted by Gasteiger charge is -2.38. The van der Waals surface area contributed by atoms with Gasteiger partial charge in [-0.3, -0.25) is 4.79 Å². The monoisotopic (exact) mass is 373 g/mol. The molecule has 136 valence electrons. The van der Waals surface area contributed by atoms with Crippen molar-refractivity contribution in [2.75, 3.05) is 13.1 Å². The molecule has 0 bridgehead atoms. The molecule has 3 rings (SSSR count). The van der Waals surface area contributed by atoms with E-state index in [1.54, 1.807) is 12.1 Å². The molecule has 1 heterocycles. The molecule has 3 nitrogen and oxygen atoms in total. The summed E-state index contributed by atoms with van der Waals surface area (Å²) in [5, 5.41) is 11.5. The van der Waals surface area contributed by atoms with E-state index in [2.05, 4.69) is 4.90 Å². The zero-order valence-electron chi connectivity index (χ0n) is 14.4. The molecule has 2 aromatic carbocycles. The number of hydrogen-bond acceptors (Lipinski definition) is 3. The average molecular weight is 374 g/mol. The average Bonchev–Trinajstić information content (AvgIpc) is 2.64. The molecule has 1 aliphatic heterocycles. The first-order valence-corrected chi connectivity index (χ1v) is 9.02. The number of aliphatic hydroxyl groups is 1. The van der Waals surface area contributed by atoms with Gasteiger partial charge in [-0.2, -0.15) is 0 Å². The predicted octanol–water partition coefficient (Wildman–Crippen LogP) is 4.55. The van der Waals surface area contributed by atoms with Crippen molar-refractivity contribution in [1.29, 1.82) is 0 Å². The molecule has 0 spiro atoms. The Morgan fingerprint density at radius 3 is 2.35 bits per heavy atom. The number of allylic oxidation sites excluding steroid dienone is 1. The summed E-state index contributed by atoms with van der Waals surface area (Å²) < 4.78 is 12.9. The summed E-state index contributed by atoms with van der Waals surface area (Å²) >= 11 is 5.91. The van der Waals surface area contributed by atoms with Crippen molar-refractivity contribution < 1.29 is 14.3 Å². The number of benzene rings is 2. The van der Waals surface area contributed by atoms with Crippen LogP contribution in [0.15, 0.2) is 60.8 Å². The molecule has 5 heteroatoms. The Morgan fingerprint density at radius 2 is 1.73 bits per heavy atom. The van der Waals surface area contributed by atoms with Gasteiger partial charge in [-0.05, 0) is 61.0 Å². The number of carbonyl (C=O) groups excluding carboxylic acids is 1. The minimum Gasteiger partial charge on any atom is -0.385 e. The fraction of sp³-hybridized carbons (Fsp3) is 0.286. The molecule has 0 aliphatic carbocycles. The Hall–Kier alpha value is -2.17. The highest BCUT2D eigenvalue weighted by Crippen LogP contribution is 2.33. The number of rotatable bonds is 5. The SMILES string of the molecule is O=C(C/C=C/N1CCC(O)(c2ccc(Cl)cc2)CC1)c1ccc(F)cc1. The van der Waals surface area contributed by atoms with Crippen LogP contribution in [0.3, 0.4) is 0 Å². The fourth-order valence-electron chi connectivity index (χ4n) is 3.15. The number of carbonyl (C=O) groups is 1. The normalized spacial score (nSPS) is 16.8. The number of likely N-dealkylation sites (tertiary alicyclic amines) is 1. The maximum atomic E-state index is 12.9. The lowest BCUT2D eigenvalue weighted by Crippen LogP contribution is -2.40. The zero-order valence-corrected chi connectivity index (χ0v) is 15.1. The second-order valence-electron chi connectivity index (χ2n) is 6.59. The van der Waals surface area contributed by atoms with Crippen LogP contribution >= 0.6 is 11.6 Å². The Bertz CT molecular complexity index is 779. The van der Waals surface area contributed by atoms with E-state index in [4.69, 9.17) is 11.6 Å². The van der Waals surface area contributed by atoms with Crippen LogP contribution in [0.5, 0.6) is 0 Å². The highest BCUT2D eigenvalue weighted by atomic mass is 35.5. The molecule has 0 saturated carbocycles. The summed E-state index contributed by atoms with van der Waals surface area (Å²) in [4.78, 5) is 14.2. The molecule has 0 unspecified atom stereocenters. The highest BCUT2D eigenvalue weighted by Gasteiger charge is 2.33. The molecule has 0 amide bonds. The second kappa shape index (κ2) is 8.02. The van der Waals surface area contributed by atoms with Gasteiger partial charge >= 0.3 is 0 Å². The second-order valence-corrected chi connectivity index (χ2v) is 7.03. The van der Waals surface area contributed by atoms with Crippen molar-refractivity contribution in [3.63, 3.8) is 0 Å². The Kier molecular flexibility index (Phi) is 5.74. The van der Waals surface area contributed by atoms with E-state index in [0.29, 0.717) is 36.5 Å². The fourth-order valence-corrected chi connectivity index (χ4v) is 3.28. The molecule has 1 saturated heterocycles. The van der Waals surface area contributed by atoms with Crippen molar-refractivity contribution >= 4 is 17.4 Å². The third-order valence-electron chi connectivity index (χ3n) is 4.79. The smallest absolute Gasteiger partial charge is 0.166 e. The van der Waals surface area contributed by atoms with Crippen molar-refractivity contribution in [3.05, 3.63) is 82.8 Å². The lowest BCUT2D eigenvalue weighted by atomic mass is 9.84. The van der Waals surface area contributed by atoms with Crippen LogP contribution in [0.4, 0.5) is 4.39 Å². The van der Waals surface area contributed by atoms with Gasteiger partial charge < -0.3 is 10.0 Å². The van der Waals surface area contributed by atoms with E-state index in [9.17, 15) is 14.3 Å². The molecule has 1 N–H and O–H groups in total. The maximum absolute atomic E-state index is 12.9. The molecule has 0 radical (unpaired) electrons. The van der Waals surface area contributed by atoms with E-state index < -0.39 is 5.60 Å². The van der Waals surface area contributed by atoms with E-state index in [1.807, 2.05) is 24.4 Å². The van der Waals surface area contributed by atoms with E-state index >= 15 is 0 Å². The topological polar surface area (TPSA) is 40.5 Å². The molecule has 1 aliphatic rings. The highest BCUT2D eigenvalue weighted by molar-refractivity contribution is 6.30. The quantitative estimate of drug-likeness (QED) is 0.782. The van der Waals surface area contributed by atoms with E-state index in [0.717, 1.165) is 5.56 Å². The first-order chi connectivity index (χ1) is 12.5. The van der Waals surface area contributed by atoms with Crippen molar-refractivity contribution in [2.45, 2.75) is 24.9 Å². The van der Waals surface area contributed by atoms with Gasteiger partial charge in [0.05, 0.1) is 5.60 Å². The predicted molar refractivity (Wildman–Crippen MR) is 101 cm³/mol. The van der Waals surface area contributed by atoms with Gasteiger partial charge in [-0.15, -0.1) is 0 Å². The van der Waals surface area contributed by atoms with Gasteiger partial charge in [0.2, 0.25) is 0 Å². The van der Waals surface area contributed by atoms with Crippen molar-refractivity contribution in [1.82, 2.24) is 4.90 Å². The number of Topliss-reactive ketones (excluding diaryl/α,β-unsaturated/α-hetero) is 1. The van der Waals surface area contributed by atoms with Crippen LogP contribution in [0.25, 0.3) is 0 Å². The molecule has 0 atom stereocenters. The number of ketones is 1. The van der Waals surface area contributed by atoms with Crippen LogP contribution in [0.1, 0.15) is 35.2 Å². The molecular formula is C21H21ClFNO2. The van der Waals surface area contributed by atoms with Crippen LogP contribution in [-0.2, 0) is 5.60 Å². The molecule has 2 aromatic rings. The first-order valence-electron chi connectivity index (χ1n) is 8.64. The van der Waals surface area contributed by atoms with Crippen molar-refractivity contribution in [3.8, 4) is 0 Å². The summed E-state index contributed by atoms with van der Waals surface area (Å²) in [6.45, 7) is 1.42.